The molecule has 0 fully saturated rings. The summed E-state index contributed by atoms with van der Waals surface area (Å²) in [5, 5.41) is 13.2. The molecule has 164 valence electrons. The molecule has 12 heteroatoms. The summed E-state index contributed by atoms with van der Waals surface area (Å²) < 4.78 is 15.3. The lowest BCUT2D eigenvalue weighted by molar-refractivity contribution is -0.385. The minimum absolute atomic E-state index is 0.0325. The van der Waals surface area contributed by atoms with E-state index in [4.69, 9.17) is 13.9 Å². The van der Waals surface area contributed by atoms with Crippen molar-refractivity contribution in [1.82, 2.24) is 0 Å². The summed E-state index contributed by atoms with van der Waals surface area (Å²) in [7, 11) is 0. The molecule has 11 nitrogen and oxygen atoms in total. The number of nitrogens with zero attached hydrogens (tertiary/aromatic N) is 1. The van der Waals surface area contributed by atoms with Crippen LogP contribution in [0.2, 0.25) is 0 Å². The number of carbonyl (C=O) groups is 4. The van der Waals surface area contributed by atoms with E-state index in [2.05, 4.69) is 21.2 Å². The van der Waals surface area contributed by atoms with Crippen molar-refractivity contribution < 1.29 is 38.0 Å². The van der Waals surface area contributed by atoms with Gasteiger partial charge in [-0.3, -0.25) is 25.0 Å². The number of Topliss-reactive ketones (excluding diaryl/α,β-unsaturated/α-hetero) is 1. The number of nitro groups is 1. The Bertz CT molecular complexity index is 1070. The molecule has 0 aliphatic heterocycles. The first-order chi connectivity index (χ1) is 14.6. The van der Waals surface area contributed by atoms with Crippen molar-refractivity contribution in [3.8, 4) is 0 Å². The van der Waals surface area contributed by atoms with Crippen LogP contribution in [-0.4, -0.2) is 41.8 Å². The van der Waals surface area contributed by atoms with Gasteiger partial charge in [0.25, 0.3) is 11.6 Å². The Balaban J connectivity index is 2.15. The molecule has 0 unspecified atom stereocenters. The summed E-state index contributed by atoms with van der Waals surface area (Å²) in [5.41, 5.74) is -0.758. The average Bonchev–Trinajstić information content (AvgIpc) is 3.02. The van der Waals surface area contributed by atoms with Gasteiger partial charge >= 0.3 is 11.9 Å². The number of nitro benzene ring substituents is 1. The predicted molar refractivity (Wildman–Crippen MR) is 109 cm³/mol. The lowest BCUT2D eigenvalue weighted by atomic mass is 10.1. The number of carbonyl (C=O) groups excluding carboxylic acids is 4. The molecule has 1 heterocycles. The normalized spacial score (nSPS) is 10.3. The molecule has 1 aromatic heterocycles. The number of halogens is 1. The number of hydrogen-bond donors (Lipinski definition) is 1. The first-order valence-corrected chi connectivity index (χ1v) is 9.58. The van der Waals surface area contributed by atoms with Gasteiger partial charge in [0, 0.05) is 6.07 Å². The van der Waals surface area contributed by atoms with E-state index in [0.29, 0.717) is 0 Å². The Morgan fingerprint density at radius 3 is 2.42 bits per heavy atom. The topological polar surface area (TPSA) is 155 Å². The van der Waals surface area contributed by atoms with Gasteiger partial charge in [0.1, 0.15) is 11.3 Å². The van der Waals surface area contributed by atoms with Gasteiger partial charge in [0.05, 0.1) is 27.1 Å². The maximum atomic E-state index is 12.2. The van der Waals surface area contributed by atoms with Gasteiger partial charge in [-0.2, -0.15) is 0 Å². The summed E-state index contributed by atoms with van der Waals surface area (Å²) in [6.45, 7) is 3.49. The van der Waals surface area contributed by atoms with Crippen molar-refractivity contribution >= 4 is 51.1 Å². The van der Waals surface area contributed by atoms with Crippen molar-refractivity contribution in [1.29, 1.82) is 0 Å². The van der Waals surface area contributed by atoms with E-state index in [-0.39, 0.29) is 45.1 Å². The summed E-state index contributed by atoms with van der Waals surface area (Å²) in [6, 6.07) is 3.58. The highest BCUT2D eigenvalue weighted by atomic mass is 79.9. The van der Waals surface area contributed by atoms with E-state index < -0.39 is 35.2 Å². The van der Waals surface area contributed by atoms with Crippen LogP contribution >= 0.6 is 15.9 Å². The molecular weight excluding hydrogens is 480 g/mol. The molecule has 31 heavy (non-hydrogen) atoms. The van der Waals surface area contributed by atoms with E-state index in [1.54, 1.807) is 6.92 Å². The number of ether oxygens (including phenoxy) is 2. The lowest BCUT2D eigenvalue weighted by Crippen LogP contribution is -2.22. The number of esters is 2. The third kappa shape index (κ3) is 5.54. The Morgan fingerprint density at radius 2 is 1.84 bits per heavy atom. The van der Waals surface area contributed by atoms with E-state index in [1.165, 1.54) is 26.0 Å². The van der Waals surface area contributed by atoms with E-state index in [1.807, 2.05) is 0 Å². The number of hydrogen-bond acceptors (Lipinski definition) is 9. The molecule has 1 N–H and O–H groups in total. The zero-order valence-corrected chi connectivity index (χ0v) is 18.2. The molecular formula is C19H17BrN2O9. The van der Waals surface area contributed by atoms with Gasteiger partial charge in [-0.05, 0) is 48.8 Å². The molecule has 0 saturated carbocycles. The number of rotatable bonds is 8. The van der Waals surface area contributed by atoms with Gasteiger partial charge in [-0.15, -0.1) is 0 Å². The molecule has 0 saturated heterocycles. The third-order valence-corrected chi connectivity index (χ3v) is 4.55. The molecule has 1 aromatic carbocycles. The Labute approximate surface area is 184 Å². The van der Waals surface area contributed by atoms with Crippen molar-refractivity contribution in [2.24, 2.45) is 0 Å². The van der Waals surface area contributed by atoms with Crippen LogP contribution in [0.15, 0.2) is 27.1 Å². The van der Waals surface area contributed by atoms with Gasteiger partial charge < -0.3 is 13.9 Å². The smallest absolute Gasteiger partial charge is 0.344 e. The highest BCUT2D eigenvalue weighted by Crippen LogP contribution is 2.29. The van der Waals surface area contributed by atoms with E-state index in [9.17, 15) is 29.3 Å². The highest BCUT2D eigenvalue weighted by molar-refractivity contribution is 9.10. The van der Waals surface area contributed by atoms with Gasteiger partial charge in [0.2, 0.25) is 5.88 Å². The van der Waals surface area contributed by atoms with Crippen LogP contribution in [0.1, 0.15) is 50.7 Å². The molecule has 1 amide bonds. The second-order valence-electron chi connectivity index (χ2n) is 6.06. The first-order valence-electron chi connectivity index (χ1n) is 8.79. The average molecular weight is 497 g/mol. The maximum absolute atomic E-state index is 12.2. The second kappa shape index (κ2) is 9.98. The van der Waals surface area contributed by atoms with Crippen LogP contribution in [0.3, 0.4) is 0 Å². The molecule has 0 aliphatic rings. The SMILES string of the molecule is CCOC(=O)c1c(NC(=O)COC(=O)c2ccc(Br)c([N+](=O)[O-])c2)oc(C)c1C(C)=O. The second-order valence-corrected chi connectivity index (χ2v) is 6.92. The first kappa shape index (κ1) is 23.7. The van der Waals surface area contributed by atoms with Crippen molar-refractivity contribution in [2.45, 2.75) is 20.8 Å². The number of aryl methyl sites for hydroxylation is 1. The van der Waals surface area contributed by atoms with E-state index >= 15 is 0 Å². The zero-order chi connectivity index (χ0) is 23.3. The van der Waals surface area contributed by atoms with Crippen LogP contribution in [0, 0.1) is 17.0 Å². The lowest BCUT2D eigenvalue weighted by Gasteiger charge is -2.07. The van der Waals surface area contributed by atoms with Crippen molar-refractivity contribution in [3.63, 3.8) is 0 Å². The Morgan fingerprint density at radius 1 is 1.16 bits per heavy atom. The number of amides is 1. The molecule has 0 radical (unpaired) electrons. The number of nitrogens with one attached hydrogen (secondary N) is 1. The fourth-order valence-corrected chi connectivity index (χ4v) is 3.00. The summed E-state index contributed by atoms with van der Waals surface area (Å²) in [5.74, 6) is -3.38. The quantitative estimate of drug-likeness (QED) is 0.250. The summed E-state index contributed by atoms with van der Waals surface area (Å²) >= 11 is 3.00. The fraction of sp³-hybridized carbons (Fsp3) is 0.263. The van der Waals surface area contributed by atoms with Crippen LogP contribution in [0.25, 0.3) is 0 Å². The minimum Gasteiger partial charge on any atom is -0.462 e. The monoisotopic (exact) mass is 496 g/mol. The maximum Gasteiger partial charge on any atom is 0.344 e. The van der Waals surface area contributed by atoms with Crippen LogP contribution in [0.5, 0.6) is 0 Å². The van der Waals surface area contributed by atoms with Crippen molar-refractivity contribution in [3.05, 3.63) is 55.2 Å². The third-order valence-electron chi connectivity index (χ3n) is 3.88. The molecule has 0 spiro atoms. The largest absolute Gasteiger partial charge is 0.462 e. The van der Waals surface area contributed by atoms with E-state index in [0.717, 1.165) is 6.07 Å². The fourth-order valence-electron chi connectivity index (χ4n) is 2.61. The molecule has 0 bridgehead atoms. The number of benzene rings is 1. The highest BCUT2D eigenvalue weighted by Gasteiger charge is 2.29. The zero-order valence-electron chi connectivity index (χ0n) is 16.6. The van der Waals surface area contributed by atoms with Crippen LogP contribution in [0.4, 0.5) is 11.6 Å². The molecule has 2 aromatic rings. The standard InChI is InChI=1S/C19H17BrN2O9/c1-4-29-19(26)16-15(9(2)23)10(3)31-17(16)21-14(24)8-30-18(25)11-5-6-12(20)13(7-11)22(27)28/h5-7H,4,8H2,1-3H3,(H,21,24). The Hall–Kier alpha value is -3.54. The number of anilines is 1. The molecule has 0 atom stereocenters. The van der Waals surface area contributed by atoms with Crippen LogP contribution in [-0.2, 0) is 14.3 Å². The van der Waals surface area contributed by atoms with Crippen LogP contribution < -0.4 is 5.32 Å². The van der Waals surface area contributed by atoms with Gasteiger partial charge in [0.15, 0.2) is 12.4 Å². The summed E-state index contributed by atoms with van der Waals surface area (Å²) in [6.07, 6.45) is 0. The predicted octanol–water partition coefficient (Wildman–Crippen LogP) is 3.43. The minimum atomic E-state index is -0.976. The van der Waals surface area contributed by atoms with Gasteiger partial charge in [-0.1, -0.05) is 0 Å². The summed E-state index contributed by atoms with van der Waals surface area (Å²) in [4.78, 5) is 58.7. The number of furan rings is 1. The molecule has 0 aliphatic carbocycles. The van der Waals surface area contributed by atoms with Gasteiger partial charge in [-0.25, -0.2) is 9.59 Å². The molecule has 2 rings (SSSR count). The number of ketones is 1. The van der Waals surface area contributed by atoms with Crippen molar-refractivity contribution in [2.75, 3.05) is 18.5 Å². The Kier molecular flexibility index (Phi) is 7.64.